The Balaban J connectivity index is 1.75. The Bertz CT molecular complexity index is 748. The molecule has 1 saturated heterocycles. The first-order valence-corrected chi connectivity index (χ1v) is 10.1. The molecular weight excluding hydrogens is 368 g/mol. The molecular formula is C24H30O5. The van der Waals surface area contributed by atoms with Crippen LogP contribution in [-0.4, -0.2) is 37.0 Å². The molecule has 0 aliphatic carbocycles. The zero-order valence-electron chi connectivity index (χ0n) is 17.3. The summed E-state index contributed by atoms with van der Waals surface area (Å²) >= 11 is 0. The first kappa shape index (κ1) is 21.5. The summed E-state index contributed by atoms with van der Waals surface area (Å²) in [5.41, 5.74) is 2.18. The van der Waals surface area contributed by atoms with Gasteiger partial charge >= 0.3 is 5.97 Å². The van der Waals surface area contributed by atoms with Gasteiger partial charge in [0.2, 0.25) is 0 Å². The van der Waals surface area contributed by atoms with Crippen LogP contribution in [0.4, 0.5) is 0 Å². The fourth-order valence-corrected chi connectivity index (χ4v) is 3.57. The van der Waals surface area contributed by atoms with E-state index in [0.717, 1.165) is 11.1 Å². The molecule has 1 aliphatic heterocycles. The molecule has 2 aromatic rings. The van der Waals surface area contributed by atoms with Gasteiger partial charge in [-0.15, -0.1) is 0 Å². The summed E-state index contributed by atoms with van der Waals surface area (Å²) in [7, 11) is 0. The Labute approximate surface area is 172 Å². The molecule has 3 rings (SSSR count). The lowest BCUT2D eigenvalue weighted by atomic mass is 9.88. The lowest BCUT2D eigenvalue weighted by molar-refractivity contribution is -0.237. The average molecular weight is 398 g/mol. The van der Waals surface area contributed by atoms with E-state index in [4.69, 9.17) is 18.9 Å². The van der Waals surface area contributed by atoms with Crippen molar-refractivity contribution in [1.82, 2.24) is 0 Å². The van der Waals surface area contributed by atoms with E-state index in [1.165, 1.54) is 6.92 Å². The van der Waals surface area contributed by atoms with E-state index in [0.29, 0.717) is 13.2 Å². The fraction of sp³-hybridized carbons (Fsp3) is 0.458. The van der Waals surface area contributed by atoms with E-state index in [9.17, 15) is 4.79 Å². The number of ether oxygens (including phenoxy) is 4. The zero-order chi connectivity index (χ0) is 20.6. The van der Waals surface area contributed by atoms with Crippen molar-refractivity contribution in [2.75, 3.05) is 6.61 Å². The highest BCUT2D eigenvalue weighted by Crippen LogP contribution is 2.31. The minimum atomic E-state index is -0.380. The molecule has 5 nitrogen and oxygen atoms in total. The van der Waals surface area contributed by atoms with Crippen molar-refractivity contribution < 1.29 is 23.7 Å². The van der Waals surface area contributed by atoms with Crippen molar-refractivity contribution in [3.8, 4) is 0 Å². The minimum Gasteiger partial charge on any atom is -0.463 e. The van der Waals surface area contributed by atoms with Crippen LogP contribution in [0.25, 0.3) is 0 Å². The molecule has 156 valence electrons. The summed E-state index contributed by atoms with van der Waals surface area (Å²) in [5, 5.41) is 0. The van der Waals surface area contributed by atoms with Gasteiger partial charge in [-0.1, -0.05) is 67.6 Å². The van der Waals surface area contributed by atoms with Crippen LogP contribution in [0.2, 0.25) is 0 Å². The molecule has 5 heteroatoms. The average Bonchev–Trinajstić information content (AvgIpc) is 2.74. The highest BCUT2D eigenvalue weighted by molar-refractivity contribution is 5.65. The fourth-order valence-electron chi connectivity index (χ4n) is 3.57. The Morgan fingerprint density at radius 3 is 1.90 bits per heavy atom. The lowest BCUT2D eigenvalue weighted by Crippen LogP contribution is -2.56. The van der Waals surface area contributed by atoms with Crippen LogP contribution in [-0.2, 0) is 37.0 Å². The highest BCUT2D eigenvalue weighted by atomic mass is 16.6. The predicted molar refractivity (Wildman–Crippen MR) is 110 cm³/mol. The first-order chi connectivity index (χ1) is 14.0. The molecule has 5 atom stereocenters. The Morgan fingerprint density at radius 1 is 0.862 bits per heavy atom. The van der Waals surface area contributed by atoms with Gasteiger partial charge in [0.25, 0.3) is 0 Å². The molecule has 0 aromatic heterocycles. The predicted octanol–water partition coefficient (Wildman–Crippen LogP) is 4.14. The van der Waals surface area contributed by atoms with Crippen molar-refractivity contribution >= 4 is 5.97 Å². The second kappa shape index (κ2) is 10.5. The summed E-state index contributed by atoms with van der Waals surface area (Å²) in [5.74, 6) is -0.198. The maximum Gasteiger partial charge on any atom is 0.302 e. The highest BCUT2D eigenvalue weighted by Gasteiger charge is 2.44. The summed E-state index contributed by atoms with van der Waals surface area (Å²) in [6, 6.07) is 20.1. The molecule has 1 heterocycles. The van der Waals surface area contributed by atoms with Gasteiger partial charge < -0.3 is 18.9 Å². The molecule has 0 saturated carbocycles. The molecule has 0 spiro atoms. The summed E-state index contributed by atoms with van der Waals surface area (Å²) in [6.45, 7) is 6.62. The van der Waals surface area contributed by atoms with Gasteiger partial charge in [0, 0.05) is 12.8 Å². The number of carbonyl (C=O) groups excluding carboxylic acids is 1. The third-order valence-electron chi connectivity index (χ3n) is 5.36. The molecule has 0 radical (unpaired) electrons. The van der Waals surface area contributed by atoms with E-state index in [1.807, 2.05) is 67.6 Å². The van der Waals surface area contributed by atoms with E-state index < -0.39 is 0 Å². The summed E-state index contributed by atoms with van der Waals surface area (Å²) in [4.78, 5) is 11.4. The first-order valence-electron chi connectivity index (χ1n) is 10.1. The van der Waals surface area contributed by atoms with Gasteiger partial charge in [-0.3, -0.25) is 4.79 Å². The van der Waals surface area contributed by atoms with Crippen molar-refractivity contribution in [2.24, 2.45) is 5.92 Å². The van der Waals surface area contributed by atoms with Crippen molar-refractivity contribution in [3.05, 3.63) is 71.8 Å². The molecule has 29 heavy (non-hydrogen) atoms. The van der Waals surface area contributed by atoms with Crippen molar-refractivity contribution in [1.29, 1.82) is 0 Å². The van der Waals surface area contributed by atoms with Crippen molar-refractivity contribution in [2.45, 2.75) is 58.4 Å². The quantitative estimate of drug-likeness (QED) is 0.626. The van der Waals surface area contributed by atoms with Crippen LogP contribution < -0.4 is 0 Å². The maximum atomic E-state index is 11.4. The summed E-state index contributed by atoms with van der Waals surface area (Å²) < 4.78 is 24.0. The van der Waals surface area contributed by atoms with E-state index in [-0.39, 0.29) is 42.9 Å². The van der Waals surface area contributed by atoms with Gasteiger partial charge in [-0.05, 0) is 18.1 Å². The second-order valence-electron chi connectivity index (χ2n) is 7.56. The topological polar surface area (TPSA) is 54.0 Å². The van der Waals surface area contributed by atoms with Gasteiger partial charge in [-0.25, -0.2) is 0 Å². The number of esters is 1. The molecule has 1 aliphatic rings. The number of rotatable bonds is 8. The van der Waals surface area contributed by atoms with Crippen LogP contribution in [0.1, 0.15) is 31.9 Å². The minimum absolute atomic E-state index is 0.0343. The number of carbonyl (C=O) groups is 1. The third-order valence-corrected chi connectivity index (χ3v) is 5.36. The van der Waals surface area contributed by atoms with Crippen LogP contribution in [0, 0.1) is 5.92 Å². The van der Waals surface area contributed by atoms with Gasteiger partial charge in [-0.2, -0.15) is 0 Å². The van der Waals surface area contributed by atoms with Crippen LogP contribution in [0.15, 0.2) is 60.7 Å². The normalized spacial score (nSPS) is 26.8. The lowest BCUT2D eigenvalue weighted by Gasteiger charge is -2.44. The molecule has 2 aromatic carbocycles. The zero-order valence-corrected chi connectivity index (χ0v) is 17.3. The molecule has 4 unspecified atom stereocenters. The van der Waals surface area contributed by atoms with E-state index in [1.54, 1.807) is 0 Å². The van der Waals surface area contributed by atoms with Gasteiger partial charge in [0.15, 0.2) is 0 Å². The second-order valence-corrected chi connectivity index (χ2v) is 7.56. The van der Waals surface area contributed by atoms with Gasteiger partial charge in [0.1, 0.15) is 18.8 Å². The van der Waals surface area contributed by atoms with Crippen LogP contribution in [0.5, 0.6) is 0 Å². The Hall–Kier alpha value is -2.21. The van der Waals surface area contributed by atoms with Crippen LogP contribution >= 0.6 is 0 Å². The van der Waals surface area contributed by atoms with E-state index in [2.05, 4.69) is 6.92 Å². The SMILES string of the molecule is CC(=O)OCC1OC(C)C(C)[C@@H](OCc2ccccc2)C1OCc1ccccc1. The maximum absolute atomic E-state index is 11.4. The molecule has 0 bridgehead atoms. The number of hydrogen-bond acceptors (Lipinski definition) is 5. The standard InChI is InChI=1S/C24H30O5/c1-17-18(2)29-22(16-26-19(3)25)24(28-15-21-12-8-5-9-13-21)23(17)27-14-20-10-6-4-7-11-20/h4-13,17-18,22-24H,14-16H2,1-3H3/t17?,18?,22?,23-,24?/m1/s1. The van der Waals surface area contributed by atoms with Gasteiger partial charge in [0.05, 0.1) is 25.4 Å². The molecule has 0 N–H and O–H groups in total. The smallest absolute Gasteiger partial charge is 0.302 e. The number of hydrogen-bond donors (Lipinski definition) is 0. The number of benzene rings is 2. The van der Waals surface area contributed by atoms with Crippen molar-refractivity contribution in [3.63, 3.8) is 0 Å². The molecule has 0 amide bonds. The van der Waals surface area contributed by atoms with Crippen LogP contribution in [0.3, 0.4) is 0 Å². The third kappa shape index (κ3) is 6.13. The largest absolute Gasteiger partial charge is 0.463 e. The summed E-state index contributed by atoms with van der Waals surface area (Å²) in [6.07, 6.45) is -0.935. The monoisotopic (exact) mass is 398 g/mol. The Morgan fingerprint density at radius 2 is 1.38 bits per heavy atom. The Kier molecular flexibility index (Phi) is 7.81. The molecule has 1 fully saturated rings. The van der Waals surface area contributed by atoms with E-state index >= 15 is 0 Å².